The molecular weight excluding hydrogens is 336 g/mol. The zero-order valence-corrected chi connectivity index (χ0v) is 16.0. The van der Waals surface area contributed by atoms with E-state index in [0.717, 1.165) is 40.7 Å². The molecule has 1 amide bonds. The summed E-state index contributed by atoms with van der Waals surface area (Å²) in [5, 5.41) is 8.60. The monoisotopic (exact) mass is 362 g/mol. The molecule has 2 aromatic heterocycles. The minimum absolute atomic E-state index is 0.00305. The van der Waals surface area contributed by atoms with E-state index < -0.39 is 0 Å². The Morgan fingerprint density at radius 2 is 1.89 bits per heavy atom. The molecule has 2 heterocycles. The van der Waals surface area contributed by atoms with Gasteiger partial charge < -0.3 is 5.32 Å². The first-order valence-electron chi connectivity index (χ1n) is 9.83. The molecule has 1 aliphatic rings. The zero-order valence-electron chi connectivity index (χ0n) is 16.0. The molecule has 0 bridgehead atoms. The second-order valence-electron chi connectivity index (χ2n) is 7.54. The van der Waals surface area contributed by atoms with Crippen LogP contribution in [0.25, 0.3) is 22.2 Å². The number of hydrogen-bond donors (Lipinski definition) is 1. The van der Waals surface area contributed by atoms with Crippen LogP contribution in [0.5, 0.6) is 0 Å². The van der Waals surface area contributed by atoms with Crippen LogP contribution in [0, 0.1) is 6.92 Å². The normalized spacial score (nSPS) is 15.6. The van der Waals surface area contributed by atoms with E-state index in [-0.39, 0.29) is 11.9 Å². The number of nitrogens with zero attached hydrogens (tertiary/aromatic N) is 3. The number of pyridine rings is 1. The van der Waals surface area contributed by atoms with Gasteiger partial charge in [-0.3, -0.25) is 9.48 Å². The molecule has 5 heteroatoms. The van der Waals surface area contributed by atoms with Crippen LogP contribution in [0.4, 0.5) is 0 Å². The van der Waals surface area contributed by atoms with E-state index in [4.69, 9.17) is 4.98 Å². The molecule has 140 valence electrons. The summed E-state index contributed by atoms with van der Waals surface area (Å²) < 4.78 is 1.78. The van der Waals surface area contributed by atoms with Crippen LogP contribution in [0.15, 0.2) is 36.5 Å². The molecule has 4 rings (SSSR count). The summed E-state index contributed by atoms with van der Waals surface area (Å²) in [5.41, 5.74) is 4.21. The van der Waals surface area contributed by atoms with Gasteiger partial charge in [0.15, 0.2) is 0 Å². The van der Waals surface area contributed by atoms with E-state index >= 15 is 0 Å². The Labute approximate surface area is 159 Å². The lowest BCUT2D eigenvalue weighted by molar-refractivity contribution is 0.0935. The zero-order chi connectivity index (χ0) is 18.8. The second-order valence-corrected chi connectivity index (χ2v) is 7.54. The number of benzene rings is 1. The number of aromatic nitrogens is 3. The van der Waals surface area contributed by atoms with Crippen molar-refractivity contribution in [2.75, 3.05) is 0 Å². The highest BCUT2D eigenvalue weighted by molar-refractivity contribution is 6.07. The molecule has 1 saturated carbocycles. The standard InChI is InChI=1S/C22H26N4O/c1-15-19(14-26(2)25-15)21-13-18(17-11-7-8-12-20(17)24-21)22(27)23-16-9-5-3-4-6-10-16/h7-8,11-14,16H,3-6,9-10H2,1-2H3,(H,23,27). The molecule has 3 aromatic rings. The topological polar surface area (TPSA) is 59.8 Å². The molecular formula is C22H26N4O. The number of para-hydroxylation sites is 1. The highest BCUT2D eigenvalue weighted by Crippen LogP contribution is 2.27. The summed E-state index contributed by atoms with van der Waals surface area (Å²) in [4.78, 5) is 17.9. The van der Waals surface area contributed by atoms with E-state index in [0.29, 0.717) is 5.56 Å². The fourth-order valence-electron chi connectivity index (χ4n) is 4.04. The van der Waals surface area contributed by atoms with Crippen molar-refractivity contribution in [2.45, 2.75) is 51.5 Å². The average Bonchev–Trinajstić information content (AvgIpc) is 2.85. The predicted molar refractivity (Wildman–Crippen MR) is 108 cm³/mol. The number of rotatable bonds is 3. The van der Waals surface area contributed by atoms with Crippen molar-refractivity contribution in [2.24, 2.45) is 7.05 Å². The molecule has 1 fully saturated rings. The van der Waals surface area contributed by atoms with E-state index in [9.17, 15) is 4.79 Å². The maximum atomic E-state index is 13.2. The first kappa shape index (κ1) is 17.7. The Balaban J connectivity index is 1.74. The Hall–Kier alpha value is -2.69. The molecule has 0 saturated heterocycles. The number of amides is 1. The van der Waals surface area contributed by atoms with Gasteiger partial charge in [-0.05, 0) is 31.9 Å². The molecule has 5 nitrogen and oxygen atoms in total. The number of hydrogen-bond acceptors (Lipinski definition) is 3. The van der Waals surface area contributed by atoms with Gasteiger partial charge in [-0.25, -0.2) is 4.98 Å². The van der Waals surface area contributed by atoms with Gasteiger partial charge in [0, 0.05) is 30.2 Å². The van der Waals surface area contributed by atoms with Gasteiger partial charge in [-0.15, -0.1) is 0 Å². The largest absolute Gasteiger partial charge is 0.349 e. The first-order chi connectivity index (χ1) is 13.1. The molecule has 0 unspecified atom stereocenters. The van der Waals surface area contributed by atoms with Gasteiger partial charge in [0.05, 0.1) is 22.5 Å². The average molecular weight is 362 g/mol. The van der Waals surface area contributed by atoms with Crippen LogP contribution in [0.1, 0.15) is 54.6 Å². The number of aryl methyl sites for hydroxylation is 2. The van der Waals surface area contributed by atoms with Crippen LogP contribution in [-0.4, -0.2) is 26.7 Å². The van der Waals surface area contributed by atoms with Crippen LogP contribution < -0.4 is 5.32 Å². The molecule has 27 heavy (non-hydrogen) atoms. The summed E-state index contributed by atoms with van der Waals surface area (Å²) in [7, 11) is 1.90. The highest BCUT2D eigenvalue weighted by atomic mass is 16.1. The molecule has 0 spiro atoms. The lowest BCUT2D eigenvalue weighted by Crippen LogP contribution is -2.34. The van der Waals surface area contributed by atoms with Gasteiger partial charge in [0.1, 0.15) is 0 Å². The number of carbonyl (C=O) groups is 1. The van der Waals surface area contributed by atoms with Crippen molar-refractivity contribution in [3.8, 4) is 11.3 Å². The fourth-order valence-corrected chi connectivity index (χ4v) is 4.04. The number of nitrogens with one attached hydrogen (secondary N) is 1. The maximum Gasteiger partial charge on any atom is 0.252 e. The van der Waals surface area contributed by atoms with Crippen molar-refractivity contribution < 1.29 is 4.79 Å². The van der Waals surface area contributed by atoms with Gasteiger partial charge in [-0.2, -0.15) is 5.10 Å². The van der Waals surface area contributed by atoms with Crippen LogP contribution in [-0.2, 0) is 7.05 Å². The van der Waals surface area contributed by atoms with E-state index in [2.05, 4.69) is 10.4 Å². The van der Waals surface area contributed by atoms with Gasteiger partial charge in [-0.1, -0.05) is 43.9 Å². The molecule has 1 N–H and O–H groups in total. The summed E-state index contributed by atoms with van der Waals surface area (Å²) in [6.07, 6.45) is 9.04. The summed E-state index contributed by atoms with van der Waals surface area (Å²) in [6.45, 7) is 1.97. The SMILES string of the molecule is Cc1nn(C)cc1-c1cc(C(=O)NC2CCCCCC2)c2ccccc2n1. The quantitative estimate of drug-likeness (QED) is 0.703. The lowest BCUT2D eigenvalue weighted by Gasteiger charge is -2.17. The lowest BCUT2D eigenvalue weighted by atomic mass is 10.0. The third-order valence-electron chi connectivity index (χ3n) is 5.44. The molecule has 0 radical (unpaired) electrons. The summed E-state index contributed by atoms with van der Waals surface area (Å²) in [6, 6.07) is 10.1. The predicted octanol–water partition coefficient (Wildman–Crippen LogP) is 4.40. The second kappa shape index (κ2) is 7.51. The van der Waals surface area contributed by atoms with E-state index in [1.165, 1.54) is 25.7 Å². The van der Waals surface area contributed by atoms with E-state index in [1.807, 2.05) is 50.5 Å². The van der Waals surface area contributed by atoms with Crippen LogP contribution in [0.2, 0.25) is 0 Å². The van der Waals surface area contributed by atoms with Gasteiger partial charge >= 0.3 is 0 Å². The Bertz CT molecular complexity index is 968. The highest BCUT2D eigenvalue weighted by Gasteiger charge is 2.19. The minimum Gasteiger partial charge on any atom is -0.349 e. The minimum atomic E-state index is 0.00305. The maximum absolute atomic E-state index is 13.2. The Kier molecular flexibility index (Phi) is 4.92. The Morgan fingerprint density at radius 3 is 2.59 bits per heavy atom. The number of carbonyl (C=O) groups excluding carboxylic acids is 1. The van der Waals surface area contributed by atoms with Crippen molar-refractivity contribution >= 4 is 16.8 Å². The van der Waals surface area contributed by atoms with Crippen molar-refractivity contribution in [1.82, 2.24) is 20.1 Å². The fraction of sp³-hybridized carbons (Fsp3) is 0.409. The third kappa shape index (κ3) is 3.72. The molecule has 1 aromatic carbocycles. The summed E-state index contributed by atoms with van der Waals surface area (Å²) >= 11 is 0. The van der Waals surface area contributed by atoms with Gasteiger partial charge in [0.2, 0.25) is 0 Å². The summed E-state index contributed by atoms with van der Waals surface area (Å²) in [5.74, 6) is 0.00305. The first-order valence-corrected chi connectivity index (χ1v) is 9.83. The molecule has 1 aliphatic carbocycles. The van der Waals surface area contributed by atoms with Crippen LogP contribution in [0.3, 0.4) is 0 Å². The Morgan fingerprint density at radius 1 is 1.15 bits per heavy atom. The molecule has 0 atom stereocenters. The van der Waals surface area contributed by atoms with Crippen molar-refractivity contribution in [3.05, 3.63) is 47.8 Å². The van der Waals surface area contributed by atoms with Crippen molar-refractivity contribution in [1.29, 1.82) is 0 Å². The molecule has 0 aliphatic heterocycles. The van der Waals surface area contributed by atoms with Gasteiger partial charge in [0.25, 0.3) is 5.91 Å². The van der Waals surface area contributed by atoms with Crippen molar-refractivity contribution in [3.63, 3.8) is 0 Å². The van der Waals surface area contributed by atoms with E-state index in [1.54, 1.807) is 4.68 Å². The van der Waals surface area contributed by atoms with Crippen LogP contribution >= 0.6 is 0 Å². The number of fused-ring (bicyclic) bond motifs is 1. The smallest absolute Gasteiger partial charge is 0.252 e. The third-order valence-corrected chi connectivity index (χ3v) is 5.44.